The molecular formula is C13H11Cl4NO2S2. The first-order valence-electron chi connectivity index (χ1n) is 6.00. The van der Waals surface area contributed by atoms with Gasteiger partial charge in [0, 0.05) is 4.88 Å². The maximum Gasteiger partial charge on any atom is 0.241 e. The molecule has 0 radical (unpaired) electrons. The molecule has 2 rings (SSSR count). The van der Waals surface area contributed by atoms with E-state index in [9.17, 15) is 8.42 Å². The minimum atomic E-state index is -3.84. The standard InChI is InChI=1S/C13H11Cl4NO2S2/c1-8-2-4-9(5-3-8)22(19,20)18-12(13(15,16)17)10-6-7-11(14)21-10/h2-7,12,18H,1H3. The molecule has 0 fully saturated rings. The summed E-state index contributed by atoms with van der Waals surface area (Å²) in [5.74, 6) is 0. The van der Waals surface area contributed by atoms with Crippen molar-refractivity contribution in [2.75, 3.05) is 0 Å². The minimum Gasteiger partial charge on any atom is -0.207 e. The topological polar surface area (TPSA) is 46.2 Å². The normalized spacial score (nSPS) is 14.0. The van der Waals surface area contributed by atoms with Gasteiger partial charge in [-0.1, -0.05) is 64.1 Å². The predicted molar refractivity (Wildman–Crippen MR) is 93.9 cm³/mol. The summed E-state index contributed by atoms with van der Waals surface area (Å²) in [4.78, 5) is 0.612. The van der Waals surface area contributed by atoms with Crippen molar-refractivity contribution in [2.24, 2.45) is 0 Å². The van der Waals surface area contributed by atoms with E-state index in [1.54, 1.807) is 24.3 Å². The van der Waals surface area contributed by atoms with Crippen molar-refractivity contribution >= 4 is 67.8 Å². The van der Waals surface area contributed by atoms with Gasteiger partial charge in [0.1, 0.15) is 6.04 Å². The zero-order valence-corrected chi connectivity index (χ0v) is 15.8. The molecule has 0 aliphatic heterocycles. The summed E-state index contributed by atoms with van der Waals surface area (Å²) in [5, 5.41) is 0. The Morgan fingerprint density at radius 2 is 1.68 bits per heavy atom. The van der Waals surface area contributed by atoms with Crippen molar-refractivity contribution in [3.63, 3.8) is 0 Å². The monoisotopic (exact) mass is 417 g/mol. The van der Waals surface area contributed by atoms with E-state index in [-0.39, 0.29) is 4.90 Å². The molecular weight excluding hydrogens is 408 g/mol. The van der Waals surface area contributed by atoms with Crippen LogP contribution in [-0.2, 0) is 10.0 Å². The van der Waals surface area contributed by atoms with Crippen LogP contribution in [0.25, 0.3) is 0 Å². The number of aryl methyl sites for hydroxylation is 1. The maximum absolute atomic E-state index is 12.5. The molecule has 1 aromatic heterocycles. The van der Waals surface area contributed by atoms with Gasteiger partial charge in [-0.2, -0.15) is 4.72 Å². The van der Waals surface area contributed by atoms with E-state index in [1.807, 2.05) is 6.92 Å². The fourth-order valence-electron chi connectivity index (χ4n) is 1.71. The van der Waals surface area contributed by atoms with Gasteiger partial charge in [0.25, 0.3) is 0 Å². The molecule has 0 saturated carbocycles. The fourth-order valence-corrected chi connectivity index (χ4v) is 5.11. The first kappa shape index (κ1) is 18.3. The second-order valence-corrected chi connectivity index (χ2v) is 10.4. The number of thiophene rings is 1. The van der Waals surface area contributed by atoms with Crippen LogP contribution >= 0.6 is 57.7 Å². The van der Waals surface area contributed by atoms with Gasteiger partial charge in [-0.25, -0.2) is 8.42 Å². The maximum atomic E-state index is 12.5. The highest BCUT2D eigenvalue weighted by atomic mass is 35.6. The lowest BCUT2D eigenvalue weighted by Gasteiger charge is -2.24. The number of rotatable bonds is 4. The molecule has 1 N–H and O–H groups in total. The lowest BCUT2D eigenvalue weighted by atomic mass is 10.2. The molecule has 2 aromatic rings. The Labute approximate surface area is 153 Å². The van der Waals surface area contributed by atoms with Crippen molar-refractivity contribution < 1.29 is 8.42 Å². The summed E-state index contributed by atoms with van der Waals surface area (Å²) in [6.07, 6.45) is 0. The molecule has 0 aliphatic carbocycles. The fraction of sp³-hybridized carbons (Fsp3) is 0.231. The van der Waals surface area contributed by atoms with Crippen molar-refractivity contribution in [3.05, 3.63) is 51.2 Å². The number of nitrogens with one attached hydrogen (secondary N) is 1. The van der Waals surface area contributed by atoms with Crippen molar-refractivity contribution in [1.29, 1.82) is 0 Å². The van der Waals surface area contributed by atoms with E-state index in [0.29, 0.717) is 9.21 Å². The summed E-state index contributed by atoms with van der Waals surface area (Å²) >= 11 is 24.8. The Balaban J connectivity index is 2.36. The van der Waals surface area contributed by atoms with Crippen LogP contribution in [0.4, 0.5) is 0 Å². The number of halogens is 4. The third kappa shape index (κ3) is 4.51. The Kier molecular flexibility index (Phi) is 5.71. The highest BCUT2D eigenvalue weighted by Gasteiger charge is 2.38. The molecule has 9 heteroatoms. The van der Waals surface area contributed by atoms with E-state index >= 15 is 0 Å². The average molecular weight is 419 g/mol. The lowest BCUT2D eigenvalue weighted by molar-refractivity contribution is 0.560. The van der Waals surface area contributed by atoms with Crippen molar-refractivity contribution in [3.8, 4) is 0 Å². The smallest absolute Gasteiger partial charge is 0.207 e. The Bertz CT molecular complexity index is 751. The number of hydrogen-bond acceptors (Lipinski definition) is 3. The summed E-state index contributed by atoms with van der Waals surface area (Å²) in [5.41, 5.74) is 0.946. The molecule has 0 amide bonds. The molecule has 1 aromatic carbocycles. The van der Waals surface area contributed by atoms with Crippen LogP contribution < -0.4 is 4.72 Å². The van der Waals surface area contributed by atoms with Gasteiger partial charge in [-0.15, -0.1) is 11.3 Å². The highest BCUT2D eigenvalue weighted by Crippen LogP contribution is 2.43. The van der Waals surface area contributed by atoms with Gasteiger partial charge in [-0.3, -0.25) is 0 Å². The van der Waals surface area contributed by atoms with Crippen LogP contribution in [0.5, 0.6) is 0 Å². The summed E-state index contributed by atoms with van der Waals surface area (Å²) in [6, 6.07) is 8.58. The highest BCUT2D eigenvalue weighted by molar-refractivity contribution is 7.89. The molecule has 1 heterocycles. The zero-order chi connectivity index (χ0) is 16.5. The molecule has 0 spiro atoms. The van der Waals surface area contributed by atoms with E-state index in [1.165, 1.54) is 12.1 Å². The van der Waals surface area contributed by atoms with Crippen LogP contribution in [0.2, 0.25) is 4.34 Å². The third-order valence-corrected chi connectivity index (χ3v) is 6.20. The molecule has 0 bridgehead atoms. The third-order valence-electron chi connectivity index (χ3n) is 2.81. The summed E-state index contributed by atoms with van der Waals surface area (Å²) in [6.45, 7) is 1.86. The quantitative estimate of drug-likeness (QED) is 0.702. The van der Waals surface area contributed by atoms with Crippen LogP contribution in [0.15, 0.2) is 41.3 Å². The second kappa shape index (κ2) is 6.85. The number of hydrogen-bond donors (Lipinski definition) is 1. The lowest BCUT2D eigenvalue weighted by Crippen LogP contribution is -2.36. The number of alkyl halides is 3. The van der Waals surface area contributed by atoms with E-state index < -0.39 is 19.9 Å². The summed E-state index contributed by atoms with van der Waals surface area (Å²) in [7, 11) is -3.84. The molecule has 0 aliphatic rings. The average Bonchev–Trinajstić information content (AvgIpc) is 2.81. The van der Waals surface area contributed by atoms with Crippen LogP contribution in [0.3, 0.4) is 0 Å². The number of benzene rings is 1. The Morgan fingerprint density at radius 1 is 1.09 bits per heavy atom. The van der Waals surface area contributed by atoms with Crippen LogP contribution in [0.1, 0.15) is 16.5 Å². The first-order valence-corrected chi connectivity index (χ1v) is 9.82. The van der Waals surface area contributed by atoms with Gasteiger partial charge in [0.05, 0.1) is 9.23 Å². The molecule has 3 nitrogen and oxygen atoms in total. The molecule has 120 valence electrons. The van der Waals surface area contributed by atoms with Crippen molar-refractivity contribution in [2.45, 2.75) is 21.7 Å². The Hall–Kier alpha value is -0.01000. The van der Waals surface area contributed by atoms with E-state index in [4.69, 9.17) is 46.4 Å². The van der Waals surface area contributed by atoms with E-state index in [2.05, 4.69) is 4.72 Å². The van der Waals surface area contributed by atoms with Gasteiger partial charge in [0.2, 0.25) is 13.8 Å². The van der Waals surface area contributed by atoms with Crippen LogP contribution in [0, 0.1) is 6.92 Å². The predicted octanol–water partition coefficient (Wildman–Crippen LogP) is 5.10. The van der Waals surface area contributed by atoms with Gasteiger partial charge < -0.3 is 0 Å². The molecule has 22 heavy (non-hydrogen) atoms. The SMILES string of the molecule is Cc1ccc(S(=O)(=O)NC(c2ccc(Cl)s2)C(Cl)(Cl)Cl)cc1. The van der Waals surface area contributed by atoms with Gasteiger partial charge in [0.15, 0.2) is 0 Å². The summed E-state index contributed by atoms with van der Waals surface area (Å²) < 4.78 is 26.0. The minimum absolute atomic E-state index is 0.0972. The largest absolute Gasteiger partial charge is 0.241 e. The zero-order valence-electron chi connectivity index (χ0n) is 11.2. The molecule has 0 saturated heterocycles. The molecule has 1 unspecified atom stereocenters. The first-order chi connectivity index (χ1) is 10.1. The Morgan fingerprint density at radius 3 is 2.14 bits per heavy atom. The van der Waals surface area contributed by atoms with Crippen LogP contribution in [-0.4, -0.2) is 12.2 Å². The van der Waals surface area contributed by atoms with Gasteiger partial charge in [-0.05, 0) is 31.2 Å². The number of sulfonamides is 1. The second-order valence-electron chi connectivity index (χ2n) is 4.55. The van der Waals surface area contributed by atoms with Gasteiger partial charge >= 0.3 is 0 Å². The van der Waals surface area contributed by atoms with Crippen molar-refractivity contribution in [1.82, 2.24) is 4.72 Å². The molecule has 1 atom stereocenters. The van der Waals surface area contributed by atoms with E-state index in [0.717, 1.165) is 16.9 Å².